The zero-order valence-corrected chi connectivity index (χ0v) is 13.8. The molecule has 1 rings (SSSR count). The molecule has 4 heteroatoms. The lowest BCUT2D eigenvalue weighted by Gasteiger charge is -2.15. The van der Waals surface area contributed by atoms with Crippen LogP contribution in [0.1, 0.15) is 56.1 Å². The number of aromatic nitrogens is 1. The molecule has 0 saturated heterocycles. The third kappa shape index (κ3) is 5.59. The SMILES string of the molecule is CCCNCc1sc(CN(CC)CC)nc1CCC. The zero-order chi connectivity index (χ0) is 14.1. The van der Waals surface area contributed by atoms with Gasteiger partial charge in [0.25, 0.3) is 0 Å². The summed E-state index contributed by atoms with van der Waals surface area (Å²) in [4.78, 5) is 8.72. The van der Waals surface area contributed by atoms with E-state index in [1.165, 1.54) is 28.4 Å². The first-order chi connectivity index (χ1) is 9.24. The van der Waals surface area contributed by atoms with E-state index in [2.05, 4.69) is 37.9 Å². The molecule has 1 aromatic rings. The Morgan fingerprint density at radius 1 is 1.11 bits per heavy atom. The van der Waals surface area contributed by atoms with Crippen LogP contribution in [0.25, 0.3) is 0 Å². The average Bonchev–Trinajstić information content (AvgIpc) is 2.79. The first-order valence-corrected chi connectivity index (χ1v) is 8.47. The van der Waals surface area contributed by atoms with Gasteiger partial charge in [0.2, 0.25) is 0 Å². The van der Waals surface area contributed by atoms with Crippen molar-refractivity contribution in [1.29, 1.82) is 0 Å². The Labute approximate surface area is 122 Å². The van der Waals surface area contributed by atoms with E-state index in [4.69, 9.17) is 4.98 Å². The van der Waals surface area contributed by atoms with E-state index in [-0.39, 0.29) is 0 Å². The predicted octanol–water partition coefficient (Wildman–Crippen LogP) is 3.44. The minimum atomic E-state index is 0.985. The molecule has 0 aliphatic heterocycles. The largest absolute Gasteiger partial charge is 0.312 e. The van der Waals surface area contributed by atoms with Gasteiger partial charge in [0.1, 0.15) is 5.01 Å². The van der Waals surface area contributed by atoms with E-state index in [9.17, 15) is 0 Å². The number of thiazole rings is 1. The van der Waals surface area contributed by atoms with E-state index >= 15 is 0 Å². The lowest BCUT2D eigenvalue weighted by molar-refractivity contribution is 0.295. The van der Waals surface area contributed by atoms with Crippen LogP contribution in [0, 0.1) is 0 Å². The Hall–Kier alpha value is -0.450. The van der Waals surface area contributed by atoms with E-state index in [1.54, 1.807) is 0 Å². The Morgan fingerprint density at radius 2 is 1.84 bits per heavy atom. The molecule has 1 aromatic heterocycles. The number of hydrogen-bond acceptors (Lipinski definition) is 4. The Morgan fingerprint density at radius 3 is 2.42 bits per heavy atom. The van der Waals surface area contributed by atoms with Crippen molar-refractivity contribution in [2.45, 2.75) is 60.0 Å². The number of rotatable bonds is 10. The van der Waals surface area contributed by atoms with Gasteiger partial charge in [0.15, 0.2) is 0 Å². The highest BCUT2D eigenvalue weighted by atomic mass is 32.1. The van der Waals surface area contributed by atoms with Gasteiger partial charge in [-0.05, 0) is 32.5 Å². The molecule has 0 unspecified atom stereocenters. The second kappa shape index (κ2) is 9.45. The van der Waals surface area contributed by atoms with Crippen molar-refractivity contribution >= 4 is 11.3 Å². The minimum Gasteiger partial charge on any atom is -0.312 e. The molecule has 0 bridgehead atoms. The monoisotopic (exact) mass is 283 g/mol. The summed E-state index contributed by atoms with van der Waals surface area (Å²) in [6.07, 6.45) is 3.47. The van der Waals surface area contributed by atoms with Crippen LogP contribution in [0.5, 0.6) is 0 Å². The molecule has 3 nitrogen and oxygen atoms in total. The molecule has 0 spiro atoms. The Bertz CT molecular complexity index is 345. The van der Waals surface area contributed by atoms with Crippen LogP contribution in [0.2, 0.25) is 0 Å². The van der Waals surface area contributed by atoms with Crippen molar-refractivity contribution in [2.24, 2.45) is 0 Å². The summed E-state index contributed by atoms with van der Waals surface area (Å²) in [5, 5.41) is 4.78. The first-order valence-electron chi connectivity index (χ1n) is 7.65. The van der Waals surface area contributed by atoms with Gasteiger partial charge >= 0.3 is 0 Å². The van der Waals surface area contributed by atoms with Gasteiger partial charge in [0, 0.05) is 11.4 Å². The first kappa shape index (κ1) is 16.6. The molecule has 0 fully saturated rings. The smallest absolute Gasteiger partial charge is 0.107 e. The molecular weight excluding hydrogens is 254 g/mol. The molecule has 19 heavy (non-hydrogen) atoms. The van der Waals surface area contributed by atoms with E-state index < -0.39 is 0 Å². The number of nitrogens with one attached hydrogen (secondary N) is 1. The molecule has 110 valence electrons. The van der Waals surface area contributed by atoms with Crippen molar-refractivity contribution in [3.8, 4) is 0 Å². The van der Waals surface area contributed by atoms with Crippen LogP contribution in [0.3, 0.4) is 0 Å². The number of aryl methyl sites for hydroxylation is 1. The van der Waals surface area contributed by atoms with Crippen LogP contribution in [-0.2, 0) is 19.5 Å². The van der Waals surface area contributed by atoms with Gasteiger partial charge in [0.05, 0.1) is 12.2 Å². The second-order valence-electron chi connectivity index (χ2n) is 4.87. The molecule has 1 heterocycles. The van der Waals surface area contributed by atoms with Gasteiger partial charge < -0.3 is 5.32 Å². The zero-order valence-electron chi connectivity index (χ0n) is 13.0. The van der Waals surface area contributed by atoms with Gasteiger partial charge in [-0.1, -0.05) is 34.1 Å². The fraction of sp³-hybridized carbons (Fsp3) is 0.800. The maximum Gasteiger partial charge on any atom is 0.107 e. The average molecular weight is 283 g/mol. The highest BCUT2D eigenvalue weighted by Crippen LogP contribution is 2.21. The summed E-state index contributed by atoms with van der Waals surface area (Å²) in [6.45, 7) is 14.1. The number of nitrogens with zero attached hydrogens (tertiary/aromatic N) is 2. The maximum absolute atomic E-state index is 4.85. The molecule has 0 saturated carbocycles. The quantitative estimate of drug-likeness (QED) is 0.667. The van der Waals surface area contributed by atoms with Crippen LogP contribution in [0.15, 0.2) is 0 Å². The van der Waals surface area contributed by atoms with Gasteiger partial charge in [-0.15, -0.1) is 11.3 Å². The molecular formula is C15H29N3S. The summed E-state index contributed by atoms with van der Waals surface area (Å²) in [6, 6.07) is 0. The van der Waals surface area contributed by atoms with Crippen LogP contribution >= 0.6 is 11.3 Å². The fourth-order valence-electron chi connectivity index (χ4n) is 2.09. The highest BCUT2D eigenvalue weighted by molar-refractivity contribution is 7.11. The molecule has 0 aromatic carbocycles. The summed E-state index contributed by atoms with van der Waals surface area (Å²) < 4.78 is 0. The highest BCUT2D eigenvalue weighted by Gasteiger charge is 2.12. The molecule has 0 amide bonds. The second-order valence-corrected chi connectivity index (χ2v) is 6.03. The summed E-state index contributed by atoms with van der Waals surface area (Å²) >= 11 is 1.89. The Balaban J connectivity index is 2.69. The number of hydrogen-bond donors (Lipinski definition) is 1. The van der Waals surface area contributed by atoms with Crippen molar-refractivity contribution in [3.63, 3.8) is 0 Å². The molecule has 0 aliphatic carbocycles. The minimum absolute atomic E-state index is 0.985. The van der Waals surface area contributed by atoms with E-state index in [0.717, 1.165) is 39.1 Å². The normalized spacial score (nSPS) is 11.4. The lowest BCUT2D eigenvalue weighted by atomic mass is 10.2. The van der Waals surface area contributed by atoms with Crippen molar-refractivity contribution < 1.29 is 0 Å². The van der Waals surface area contributed by atoms with Crippen molar-refractivity contribution in [1.82, 2.24) is 15.2 Å². The lowest BCUT2D eigenvalue weighted by Crippen LogP contribution is -2.21. The van der Waals surface area contributed by atoms with Crippen LogP contribution in [0.4, 0.5) is 0 Å². The summed E-state index contributed by atoms with van der Waals surface area (Å²) in [5.41, 5.74) is 1.32. The summed E-state index contributed by atoms with van der Waals surface area (Å²) in [5.74, 6) is 0. The Kier molecular flexibility index (Phi) is 8.26. The van der Waals surface area contributed by atoms with E-state index in [0.29, 0.717) is 0 Å². The van der Waals surface area contributed by atoms with Gasteiger partial charge in [-0.25, -0.2) is 4.98 Å². The third-order valence-electron chi connectivity index (χ3n) is 3.27. The predicted molar refractivity (Wildman–Crippen MR) is 84.7 cm³/mol. The standard InChI is InChI=1S/C15H29N3S/c1-5-9-13-14(11-16-10-6-2)19-15(17-13)12-18(7-3)8-4/h16H,5-12H2,1-4H3. The fourth-order valence-corrected chi connectivity index (χ4v) is 3.22. The topological polar surface area (TPSA) is 28.2 Å². The van der Waals surface area contributed by atoms with Gasteiger partial charge in [-0.3, -0.25) is 4.90 Å². The molecule has 1 N–H and O–H groups in total. The van der Waals surface area contributed by atoms with Crippen molar-refractivity contribution in [3.05, 3.63) is 15.6 Å². The maximum atomic E-state index is 4.85. The molecule has 0 aliphatic rings. The van der Waals surface area contributed by atoms with Crippen LogP contribution in [-0.4, -0.2) is 29.5 Å². The van der Waals surface area contributed by atoms with Gasteiger partial charge in [-0.2, -0.15) is 0 Å². The molecule has 0 radical (unpaired) electrons. The molecule has 0 atom stereocenters. The van der Waals surface area contributed by atoms with E-state index in [1.807, 2.05) is 11.3 Å². The van der Waals surface area contributed by atoms with Crippen molar-refractivity contribution in [2.75, 3.05) is 19.6 Å². The third-order valence-corrected chi connectivity index (χ3v) is 4.36. The summed E-state index contributed by atoms with van der Waals surface area (Å²) in [7, 11) is 0. The van der Waals surface area contributed by atoms with Crippen LogP contribution < -0.4 is 5.32 Å².